The molecule has 5 nitrogen and oxygen atoms in total. The zero-order chi connectivity index (χ0) is 18.1. The number of ether oxygens (including phenoxy) is 3. The molecule has 1 atom stereocenters. The van der Waals surface area contributed by atoms with Crippen LogP contribution in [0.15, 0.2) is 24.3 Å². The minimum Gasteiger partial charge on any atom is -0.493 e. The Bertz CT molecular complexity index is 585. The number of hydrogen-bond acceptors (Lipinski definition) is 5. The summed E-state index contributed by atoms with van der Waals surface area (Å²) in [7, 11) is 1.65. The first-order valence-electron chi connectivity index (χ1n) is 9.00. The van der Waals surface area contributed by atoms with Crippen molar-refractivity contribution in [2.45, 2.75) is 26.7 Å². The number of rotatable bonds is 8. The lowest BCUT2D eigenvalue weighted by Crippen LogP contribution is -2.41. The number of esters is 1. The summed E-state index contributed by atoms with van der Waals surface area (Å²) < 4.78 is 16.5. The molecule has 0 aliphatic carbocycles. The van der Waals surface area contributed by atoms with Crippen LogP contribution in [-0.2, 0) is 9.53 Å². The molecule has 25 heavy (non-hydrogen) atoms. The molecule has 2 rings (SSSR count). The molecule has 1 aliphatic heterocycles. The molecule has 5 heteroatoms. The quantitative estimate of drug-likeness (QED) is 0.675. The molecule has 0 bridgehead atoms. The average molecular weight is 347 g/mol. The predicted octanol–water partition coefficient (Wildman–Crippen LogP) is 3.38. The molecule has 138 valence electrons. The number of methoxy groups -OCH3 is 1. The summed E-state index contributed by atoms with van der Waals surface area (Å²) in [5.41, 5.74) is 1.08. The molecule has 0 radical (unpaired) electrons. The van der Waals surface area contributed by atoms with Gasteiger partial charge in [-0.2, -0.15) is 0 Å². The van der Waals surface area contributed by atoms with Crippen LogP contribution in [-0.4, -0.2) is 50.8 Å². The number of likely N-dealkylation sites (tertiary alicyclic amines) is 1. The standard InChI is InChI=1S/C20H29NO4/c1-4-7-16-9-10-18(19(14-16)23-3)25-13-12-21-11-6-8-17(15-21)20(22)24-5-2/h4,7,9-10,14,17H,5-6,8,11-13,15H2,1-3H3/b7-4+. The van der Waals surface area contributed by atoms with Crippen molar-refractivity contribution in [1.29, 1.82) is 0 Å². The summed E-state index contributed by atoms with van der Waals surface area (Å²) in [5.74, 6) is 1.39. The van der Waals surface area contributed by atoms with Gasteiger partial charge in [0.15, 0.2) is 11.5 Å². The van der Waals surface area contributed by atoms with Crippen LogP contribution in [0.4, 0.5) is 0 Å². The highest BCUT2D eigenvalue weighted by atomic mass is 16.5. The van der Waals surface area contributed by atoms with E-state index in [1.807, 2.05) is 44.2 Å². The van der Waals surface area contributed by atoms with Crippen molar-refractivity contribution in [3.63, 3.8) is 0 Å². The highest BCUT2D eigenvalue weighted by Crippen LogP contribution is 2.28. The van der Waals surface area contributed by atoms with Gasteiger partial charge in [-0.15, -0.1) is 0 Å². The first kappa shape index (κ1) is 19.3. The monoisotopic (exact) mass is 347 g/mol. The fourth-order valence-electron chi connectivity index (χ4n) is 3.10. The average Bonchev–Trinajstić information content (AvgIpc) is 2.63. The Hall–Kier alpha value is -2.01. The molecule has 1 unspecified atom stereocenters. The molecular weight excluding hydrogens is 318 g/mol. The van der Waals surface area contributed by atoms with E-state index in [1.54, 1.807) is 7.11 Å². The number of nitrogens with zero attached hydrogens (tertiary/aromatic N) is 1. The molecule has 1 aromatic carbocycles. The molecule has 1 fully saturated rings. The number of piperidine rings is 1. The van der Waals surface area contributed by atoms with Crippen LogP contribution in [0.5, 0.6) is 11.5 Å². The third-order valence-corrected chi connectivity index (χ3v) is 4.34. The fraction of sp³-hybridized carbons (Fsp3) is 0.550. The van der Waals surface area contributed by atoms with Gasteiger partial charge in [-0.25, -0.2) is 0 Å². The number of allylic oxidation sites excluding steroid dienone is 1. The largest absolute Gasteiger partial charge is 0.493 e. The van der Waals surface area contributed by atoms with Gasteiger partial charge in [0, 0.05) is 13.1 Å². The minimum atomic E-state index is -0.0747. The van der Waals surface area contributed by atoms with E-state index in [-0.39, 0.29) is 11.9 Å². The Balaban J connectivity index is 1.84. The van der Waals surface area contributed by atoms with Gasteiger partial charge in [0.2, 0.25) is 0 Å². The van der Waals surface area contributed by atoms with E-state index in [4.69, 9.17) is 14.2 Å². The summed E-state index contributed by atoms with van der Waals surface area (Å²) in [5, 5.41) is 0. The van der Waals surface area contributed by atoms with Crippen molar-refractivity contribution in [3.05, 3.63) is 29.8 Å². The van der Waals surface area contributed by atoms with Crippen molar-refractivity contribution in [1.82, 2.24) is 4.90 Å². The molecule has 0 N–H and O–H groups in total. The number of carbonyl (C=O) groups is 1. The van der Waals surface area contributed by atoms with E-state index in [1.165, 1.54) is 0 Å². The van der Waals surface area contributed by atoms with E-state index in [9.17, 15) is 4.79 Å². The lowest BCUT2D eigenvalue weighted by molar-refractivity contribution is -0.150. The SMILES string of the molecule is C/C=C/c1ccc(OCCN2CCCC(C(=O)OCC)C2)c(OC)c1. The van der Waals surface area contributed by atoms with Gasteiger partial charge >= 0.3 is 5.97 Å². The van der Waals surface area contributed by atoms with E-state index in [0.717, 1.165) is 49.5 Å². The van der Waals surface area contributed by atoms with Crippen LogP contribution in [0.3, 0.4) is 0 Å². The van der Waals surface area contributed by atoms with Crippen molar-refractivity contribution >= 4 is 12.0 Å². The predicted molar refractivity (Wildman–Crippen MR) is 99.0 cm³/mol. The van der Waals surface area contributed by atoms with Crippen molar-refractivity contribution in [2.24, 2.45) is 5.92 Å². The van der Waals surface area contributed by atoms with Gasteiger partial charge < -0.3 is 14.2 Å². The van der Waals surface area contributed by atoms with Crippen LogP contribution < -0.4 is 9.47 Å². The molecule has 0 aromatic heterocycles. The molecule has 0 spiro atoms. The van der Waals surface area contributed by atoms with Crippen LogP contribution in [0.2, 0.25) is 0 Å². The van der Waals surface area contributed by atoms with Crippen LogP contribution >= 0.6 is 0 Å². The third kappa shape index (κ3) is 5.78. The van der Waals surface area contributed by atoms with E-state index < -0.39 is 0 Å². The maximum atomic E-state index is 11.9. The Morgan fingerprint density at radius 3 is 2.92 bits per heavy atom. The second-order valence-electron chi connectivity index (χ2n) is 6.15. The molecule has 1 aliphatic rings. The maximum absolute atomic E-state index is 11.9. The van der Waals surface area contributed by atoms with Crippen LogP contribution in [0.1, 0.15) is 32.3 Å². The summed E-state index contributed by atoms with van der Waals surface area (Å²) in [6.45, 7) is 7.38. The van der Waals surface area contributed by atoms with Gasteiger partial charge in [0.1, 0.15) is 6.61 Å². The minimum absolute atomic E-state index is 0.0108. The van der Waals surface area contributed by atoms with Crippen LogP contribution in [0.25, 0.3) is 6.08 Å². The van der Waals surface area contributed by atoms with Crippen LogP contribution in [0, 0.1) is 5.92 Å². The van der Waals surface area contributed by atoms with E-state index in [0.29, 0.717) is 13.2 Å². The highest BCUT2D eigenvalue weighted by molar-refractivity contribution is 5.72. The lowest BCUT2D eigenvalue weighted by atomic mass is 9.98. The smallest absolute Gasteiger partial charge is 0.310 e. The summed E-state index contributed by atoms with van der Waals surface area (Å²) in [4.78, 5) is 14.2. The number of carbonyl (C=O) groups excluding carboxylic acids is 1. The van der Waals surface area contributed by atoms with Crippen molar-refractivity contribution in [3.8, 4) is 11.5 Å². The molecule has 0 saturated carbocycles. The highest BCUT2D eigenvalue weighted by Gasteiger charge is 2.26. The lowest BCUT2D eigenvalue weighted by Gasteiger charge is -2.31. The second kappa shape index (κ2) is 10.1. The normalized spacial score (nSPS) is 18.3. The Kier molecular flexibility index (Phi) is 7.79. The number of benzene rings is 1. The van der Waals surface area contributed by atoms with Gasteiger partial charge in [-0.1, -0.05) is 18.2 Å². The number of hydrogen-bond donors (Lipinski definition) is 0. The summed E-state index contributed by atoms with van der Waals surface area (Å²) in [6.07, 6.45) is 5.95. The zero-order valence-corrected chi connectivity index (χ0v) is 15.5. The van der Waals surface area contributed by atoms with E-state index in [2.05, 4.69) is 4.90 Å². The van der Waals surface area contributed by atoms with Gasteiger partial charge in [0.05, 0.1) is 19.6 Å². The summed E-state index contributed by atoms with van der Waals surface area (Å²) in [6, 6.07) is 5.91. The van der Waals surface area contributed by atoms with E-state index >= 15 is 0 Å². The third-order valence-electron chi connectivity index (χ3n) is 4.34. The fourth-order valence-corrected chi connectivity index (χ4v) is 3.10. The van der Waals surface area contributed by atoms with Gasteiger partial charge in [-0.05, 0) is 50.9 Å². The van der Waals surface area contributed by atoms with Crippen molar-refractivity contribution in [2.75, 3.05) is 40.0 Å². The topological polar surface area (TPSA) is 48.0 Å². The Morgan fingerprint density at radius 2 is 2.20 bits per heavy atom. The molecule has 1 aromatic rings. The van der Waals surface area contributed by atoms with Crippen molar-refractivity contribution < 1.29 is 19.0 Å². The second-order valence-corrected chi connectivity index (χ2v) is 6.15. The Morgan fingerprint density at radius 1 is 1.36 bits per heavy atom. The zero-order valence-electron chi connectivity index (χ0n) is 15.5. The molecular formula is C20H29NO4. The summed E-state index contributed by atoms with van der Waals surface area (Å²) >= 11 is 0. The molecule has 1 heterocycles. The molecule has 1 saturated heterocycles. The first-order valence-corrected chi connectivity index (χ1v) is 9.00. The first-order chi connectivity index (χ1) is 12.2. The van der Waals surface area contributed by atoms with Gasteiger partial charge in [-0.3, -0.25) is 9.69 Å². The Labute approximate surface area is 150 Å². The maximum Gasteiger partial charge on any atom is 0.310 e. The van der Waals surface area contributed by atoms with Gasteiger partial charge in [0.25, 0.3) is 0 Å². The molecule has 0 amide bonds.